The van der Waals surface area contributed by atoms with Crippen molar-refractivity contribution in [2.24, 2.45) is 0 Å². The van der Waals surface area contributed by atoms with Gasteiger partial charge in [-0.05, 0) is 18.6 Å². The summed E-state index contributed by atoms with van der Waals surface area (Å²) in [6.07, 6.45) is 2.04. The summed E-state index contributed by atoms with van der Waals surface area (Å²) in [5.41, 5.74) is 0. The van der Waals surface area contributed by atoms with Gasteiger partial charge in [0.2, 0.25) is 5.91 Å². The van der Waals surface area contributed by atoms with E-state index in [2.05, 4.69) is 5.32 Å². The molecule has 1 heterocycles. The third-order valence-electron chi connectivity index (χ3n) is 2.10. The van der Waals surface area contributed by atoms with Gasteiger partial charge in [-0.25, -0.2) is 0 Å². The second-order valence-electron chi connectivity index (χ2n) is 3.40. The second kappa shape index (κ2) is 7.01. The Labute approximate surface area is 104 Å². The fraction of sp³-hybridized carbons (Fsp3) is 0.455. The number of rotatable bonds is 7. The highest BCUT2D eigenvalue weighted by atomic mass is 32.2. The van der Waals surface area contributed by atoms with Crippen LogP contribution in [-0.4, -0.2) is 28.0 Å². The number of carbonyl (C=O) groups is 2. The van der Waals surface area contributed by atoms with Gasteiger partial charge in [0.05, 0.1) is 18.6 Å². The first-order chi connectivity index (χ1) is 8.13. The van der Waals surface area contributed by atoms with Gasteiger partial charge >= 0.3 is 5.97 Å². The average Bonchev–Trinajstić information content (AvgIpc) is 2.79. The van der Waals surface area contributed by atoms with E-state index in [0.29, 0.717) is 18.7 Å². The molecular formula is C11H15NO4S. The number of hydrogen-bond donors (Lipinski definition) is 2. The van der Waals surface area contributed by atoms with Crippen molar-refractivity contribution in [3.63, 3.8) is 0 Å². The van der Waals surface area contributed by atoms with Crippen LogP contribution in [0.15, 0.2) is 22.8 Å². The molecule has 2 N–H and O–H groups in total. The van der Waals surface area contributed by atoms with Gasteiger partial charge in [-0.3, -0.25) is 9.59 Å². The van der Waals surface area contributed by atoms with Crippen molar-refractivity contribution in [3.8, 4) is 0 Å². The minimum Gasteiger partial charge on any atom is -0.480 e. The van der Waals surface area contributed by atoms with Crippen molar-refractivity contribution < 1.29 is 19.1 Å². The summed E-state index contributed by atoms with van der Waals surface area (Å²) in [7, 11) is 0. The Morgan fingerprint density at radius 1 is 1.59 bits per heavy atom. The molecule has 1 unspecified atom stereocenters. The summed E-state index contributed by atoms with van der Waals surface area (Å²) in [5.74, 6) is -0.248. The van der Waals surface area contributed by atoms with Crippen LogP contribution >= 0.6 is 11.8 Å². The van der Waals surface area contributed by atoms with Crippen LogP contribution in [0, 0.1) is 0 Å². The van der Waals surface area contributed by atoms with Gasteiger partial charge in [-0.15, -0.1) is 11.8 Å². The van der Waals surface area contributed by atoms with E-state index in [0.717, 1.165) is 11.8 Å². The molecular weight excluding hydrogens is 242 g/mol. The van der Waals surface area contributed by atoms with E-state index in [4.69, 9.17) is 9.52 Å². The zero-order valence-corrected chi connectivity index (χ0v) is 10.3. The lowest BCUT2D eigenvalue weighted by Gasteiger charge is -2.08. The molecule has 0 saturated carbocycles. The van der Waals surface area contributed by atoms with E-state index in [9.17, 15) is 9.59 Å². The van der Waals surface area contributed by atoms with Gasteiger partial charge in [-0.1, -0.05) is 6.92 Å². The molecule has 1 aromatic rings. The predicted molar refractivity (Wildman–Crippen MR) is 64.7 cm³/mol. The molecule has 17 heavy (non-hydrogen) atoms. The van der Waals surface area contributed by atoms with Crippen LogP contribution in [0.2, 0.25) is 0 Å². The molecule has 0 aromatic carbocycles. The van der Waals surface area contributed by atoms with Gasteiger partial charge in [0, 0.05) is 0 Å². The second-order valence-corrected chi connectivity index (χ2v) is 4.59. The molecule has 5 nitrogen and oxygen atoms in total. The molecule has 1 amide bonds. The highest BCUT2D eigenvalue weighted by Gasteiger charge is 2.16. The average molecular weight is 257 g/mol. The number of carbonyl (C=O) groups excluding carboxylic acids is 1. The fourth-order valence-corrected chi connectivity index (χ4v) is 2.02. The number of carboxylic acids is 1. The Balaban J connectivity index is 2.23. The molecule has 1 aromatic heterocycles. The van der Waals surface area contributed by atoms with Crippen molar-refractivity contribution >= 4 is 23.6 Å². The van der Waals surface area contributed by atoms with Gasteiger partial charge in [0.25, 0.3) is 0 Å². The molecule has 0 aliphatic heterocycles. The van der Waals surface area contributed by atoms with Crippen LogP contribution < -0.4 is 5.32 Å². The van der Waals surface area contributed by atoms with Crippen LogP contribution in [0.4, 0.5) is 0 Å². The van der Waals surface area contributed by atoms with Crippen molar-refractivity contribution in [1.29, 1.82) is 0 Å². The normalized spacial score (nSPS) is 12.1. The number of hydrogen-bond acceptors (Lipinski definition) is 4. The third-order valence-corrected chi connectivity index (χ3v) is 3.47. The number of nitrogens with one attached hydrogen (secondary N) is 1. The number of amides is 1. The highest BCUT2D eigenvalue weighted by molar-refractivity contribution is 8.01. The van der Waals surface area contributed by atoms with Crippen LogP contribution in [0.5, 0.6) is 0 Å². The quantitative estimate of drug-likeness (QED) is 0.773. The van der Waals surface area contributed by atoms with Crippen LogP contribution in [0.1, 0.15) is 19.1 Å². The van der Waals surface area contributed by atoms with Crippen LogP contribution in [0.25, 0.3) is 0 Å². The largest absolute Gasteiger partial charge is 0.480 e. The number of carboxylic acid groups (broad SMARTS) is 1. The highest BCUT2D eigenvalue weighted by Crippen LogP contribution is 2.14. The predicted octanol–water partition coefficient (Wildman–Crippen LogP) is 1.49. The Morgan fingerprint density at radius 2 is 2.35 bits per heavy atom. The van der Waals surface area contributed by atoms with Gasteiger partial charge in [0.15, 0.2) is 0 Å². The number of aliphatic carboxylic acids is 1. The lowest BCUT2D eigenvalue weighted by atomic mass is 10.3. The Bertz CT molecular complexity index is 364. The number of furan rings is 1. The smallest absolute Gasteiger partial charge is 0.316 e. The molecule has 94 valence electrons. The fourth-order valence-electron chi connectivity index (χ4n) is 1.19. The summed E-state index contributed by atoms with van der Waals surface area (Å²) < 4.78 is 5.05. The summed E-state index contributed by atoms with van der Waals surface area (Å²) >= 11 is 1.13. The molecule has 0 aliphatic carbocycles. The maximum Gasteiger partial charge on any atom is 0.316 e. The minimum absolute atomic E-state index is 0.144. The molecule has 6 heteroatoms. The van der Waals surface area contributed by atoms with Crippen molar-refractivity contribution in [3.05, 3.63) is 24.2 Å². The van der Waals surface area contributed by atoms with E-state index in [1.807, 2.05) is 0 Å². The first-order valence-corrected chi connectivity index (χ1v) is 6.31. The molecule has 0 fully saturated rings. The number of thioether (sulfide) groups is 1. The van der Waals surface area contributed by atoms with Crippen molar-refractivity contribution in [2.45, 2.75) is 25.1 Å². The minimum atomic E-state index is -0.878. The Hall–Kier alpha value is -1.43. The summed E-state index contributed by atoms with van der Waals surface area (Å²) in [5, 5.41) is 10.9. The van der Waals surface area contributed by atoms with E-state index in [1.54, 1.807) is 19.1 Å². The lowest BCUT2D eigenvalue weighted by molar-refractivity contribution is -0.136. The van der Waals surface area contributed by atoms with Crippen LogP contribution in [-0.2, 0) is 16.1 Å². The molecule has 1 rings (SSSR count). The first kappa shape index (κ1) is 13.6. The zero-order valence-electron chi connectivity index (χ0n) is 9.51. The van der Waals surface area contributed by atoms with E-state index in [1.165, 1.54) is 6.26 Å². The Morgan fingerprint density at radius 3 is 2.88 bits per heavy atom. The van der Waals surface area contributed by atoms with Gasteiger partial charge in [0.1, 0.15) is 11.0 Å². The molecule has 0 radical (unpaired) electrons. The van der Waals surface area contributed by atoms with Crippen LogP contribution in [0.3, 0.4) is 0 Å². The summed E-state index contributed by atoms with van der Waals surface area (Å²) in [4.78, 5) is 22.1. The topological polar surface area (TPSA) is 79.5 Å². The van der Waals surface area contributed by atoms with Crippen molar-refractivity contribution in [2.75, 3.05) is 5.75 Å². The van der Waals surface area contributed by atoms with E-state index in [-0.39, 0.29) is 11.7 Å². The molecule has 0 spiro atoms. The summed E-state index contributed by atoms with van der Waals surface area (Å²) in [6, 6.07) is 3.51. The third kappa shape index (κ3) is 4.95. The van der Waals surface area contributed by atoms with Gasteiger partial charge < -0.3 is 14.8 Å². The molecule has 0 bridgehead atoms. The molecule has 1 atom stereocenters. The molecule has 0 aliphatic rings. The van der Waals surface area contributed by atoms with Gasteiger partial charge in [-0.2, -0.15) is 0 Å². The van der Waals surface area contributed by atoms with Crippen molar-refractivity contribution in [1.82, 2.24) is 5.32 Å². The Kier molecular flexibility index (Phi) is 5.62. The lowest BCUT2D eigenvalue weighted by Crippen LogP contribution is -2.26. The summed E-state index contributed by atoms with van der Waals surface area (Å²) in [6.45, 7) is 2.11. The molecule has 0 saturated heterocycles. The van der Waals surface area contributed by atoms with E-state index < -0.39 is 11.2 Å². The zero-order chi connectivity index (χ0) is 12.7. The van der Waals surface area contributed by atoms with E-state index >= 15 is 0 Å². The SMILES string of the molecule is CCC(SCC(=O)NCc1ccco1)C(=O)O. The standard InChI is InChI=1S/C11H15NO4S/c1-2-9(11(14)15)17-7-10(13)12-6-8-4-3-5-16-8/h3-5,9H,2,6-7H2,1H3,(H,12,13)(H,14,15). The monoisotopic (exact) mass is 257 g/mol. The maximum atomic E-state index is 11.4. The maximum absolute atomic E-state index is 11.4. The first-order valence-electron chi connectivity index (χ1n) is 5.27.